The first-order chi connectivity index (χ1) is 13.8. The average molecular weight is 388 g/mol. The fourth-order valence-corrected chi connectivity index (χ4v) is 3.02. The largest absolute Gasteiger partial charge is 0.332 e. The molecule has 3 aromatic rings. The summed E-state index contributed by atoms with van der Waals surface area (Å²) in [6.07, 6.45) is 5.34. The number of urea groups is 1. The average Bonchev–Trinajstić information content (AvgIpc) is 2.69. The van der Waals surface area contributed by atoms with Crippen molar-refractivity contribution in [1.29, 1.82) is 0 Å². The van der Waals surface area contributed by atoms with Crippen LogP contribution in [-0.4, -0.2) is 15.8 Å². The molecule has 6 heteroatoms. The van der Waals surface area contributed by atoms with Gasteiger partial charge in [0.2, 0.25) is 0 Å². The first kappa shape index (κ1) is 20.2. The fraction of sp³-hybridized carbons (Fsp3) is 0.261. The molecule has 2 amide bonds. The minimum Gasteiger partial charge on any atom is -0.332 e. The summed E-state index contributed by atoms with van der Waals surface area (Å²) >= 11 is 0. The van der Waals surface area contributed by atoms with Gasteiger partial charge in [-0.1, -0.05) is 57.0 Å². The van der Waals surface area contributed by atoms with Gasteiger partial charge in [-0.25, -0.2) is 9.48 Å². The standard InChI is InChI=1S/C23H24N4O2/c1-5-14-27-21(28)19-9-7-6-8-18(19)20(26-27)15-24-22(29)25-17-12-10-16(11-13-17)23(2,3)4/h1,6-13H,14-15H2,2-4H3,(H2,24,25,29). The van der Waals surface area contributed by atoms with Gasteiger partial charge < -0.3 is 10.6 Å². The topological polar surface area (TPSA) is 76.0 Å². The van der Waals surface area contributed by atoms with Gasteiger partial charge in [-0.05, 0) is 29.2 Å². The maximum Gasteiger partial charge on any atom is 0.319 e. The van der Waals surface area contributed by atoms with Crippen LogP contribution in [0, 0.1) is 12.3 Å². The summed E-state index contributed by atoms with van der Waals surface area (Å²) < 4.78 is 1.24. The Balaban J connectivity index is 1.75. The number of rotatable bonds is 4. The van der Waals surface area contributed by atoms with E-state index in [9.17, 15) is 9.59 Å². The van der Waals surface area contributed by atoms with Gasteiger partial charge in [0.15, 0.2) is 0 Å². The van der Waals surface area contributed by atoms with Crippen molar-refractivity contribution in [2.24, 2.45) is 0 Å². The van der Waals surface area contributed by atoms with Crippen LogP contribution in [0.25, 0.3) is 10.8 Å². The Morgan fingerprint density at radius 1 is 1.10 bits per heavy atom. The zero-order chi connectivity index (χ0) is 21.0. The van der Waals surface area contributed by atoms with Gasteiger partial charge in [0.1, 0.15) is 6.54 Å². The van der Waals surface area contributed by atoms with E-state index in [0.717, 1.165) is 0 Å². The number of benzene rings is 2. The summed E-state index contributed by atoms with van der Waals surface area (Å²) in [7, 11) is 0. The lowest BCUT2D eigenvalue weighted by Gasteiger charge is -2.19. The molecule has 0 bridgehead atoms. The Hall–Kier alpha value is -3.59. The molecule has 6 nitrogen and oxygen atoms in total. The molecule has 0 fully saturated rings. The number of hydrogen-bond donors (Lipinski definition) is 2. The Labute approximate surface area is 169 Å². The Morgan fingerprint density at radius 3 is 2.38 bits per heavy atom. The smallest absolute Gasteiger partial charge is 0.319 e. The molecule has 0 aliphatic rings. The molecule has 0 saturated heterocycles. The van der Waals surface area contributed by atoms with Gasteiger partial charge in [0, 0.05) is 11.1 Å². The third-order valence-corrected chi connectivity index (χ3v) is 4.61. The van der Waals surface area contributed by atoms with Crippen molar-refractivity contribution in [1.82, 2.24) is 15.1 Å². The molecule has 1 aromatic heterocycles. The lowest BCUT2D eigenvalue weighted by molar-refractivity contribution is 0.251. The summed E-state index contributed by atoms with van der Waals surface area (Å²) in [4.78, 5) is 24.8. The summed E-state index contributed by atoms with van der Waals surface area (Å²) in [6.45, 7) is 6.65. The quantitative estimate of drug-likeness (QED) is 0.670. The van der Waals surface area contributed by atoms with Crippen LogP contribution in [0.15, 0.2) is 53.3 Å². The van der Waals surface area contributed by atoms with Gasteiger partial charge >= 0.3 is 6.03 Å². The number of terminal acetylenes is 1. The van der Waals surface area contributed by atoms with Gasteiger partial charge in [0.05, 0.1) is 17.6 Å². The van der Waals surface area contributed by atoms with Crippen LogP contribution in [-0.2, 0) is 18.5 Å². The van der Waals surface area contributed by atoms with Crippen molar-refractivity contribution in [3.8, 4) is 12.3 Å². The third-order valence-electron chi connectivity index (χ3n) is 4.61. The van der Waals surface area contributed by atoms with Gasteiger partial charge in [-0.15, -0.1) is 6.42 Å². The van der Waals surface area contributed by atoms with E-state index in [0.29, 0.717) is 22.2 Å². The number of carbonyl (C=O) groups excluding carboxylic acids is 1. The highest BCUT2D eigenvalue weighted by atomic mass is 16.2. The first-order valence-electron chi connectivity index (χ1n) is 9.37. The van der Waals surface area contributed by atoms with Crippen LogP contribution in [0.3, 0.4) is 0 Å². The molecular formula is C23H24N4O2. The number of aromatic nitrogens is 2. The molecule has 29 heavy (non-hydrogen) atoms. The lowest BCUT2D eigenvalue weighted by atomic mass is 9.87. The molecule has 1 heterocycles. The number of nitrogens with zero attached hydrogens (tertiary/aromatic N) is 2. The zero-order valence-electron chi connectivity index (χ0n) is 16.8. The van der Waals surface area contributed by atoms with Crippen molar-refractivity contribution >= 4 is 22.5 Å². The summed E-state index contributed by atoms with van der Waals surface area (Å²) in [5, 5.41) is 11.1. The van der Waals surface area contributed by atoms with Crippen LogP contribution >= 0.6 is 0 Å². The highest BCUT2D eigenvalue weighted by Crippen LogP contribution is 2.23. The van der Waals surface area contributed by atoms with Crippen molar-refractivity contribution in [2.45, 2.75) is 39.3 Å². The summed E-state index contributed by atoms with van der Waals surface area (Å²) in [5.41, 5.74) is 2.27. The first-order valence-corrected chi connectivity index (χ1v) is 9.37. The highest BCUT2D eigenvalue weighted by Gasteiger charge is 2.14. The molecule has 0 unspecified atom stereocenters. The van der Waals surface area contributed by atoms with Crippen molar-refractivity contribution in [2.75, 3.05) is 5.32 Å². The monoisotopic (exact) mass is 388 g/mol. The molecule has 0 spiro atoms. The van der Waals surface area contributed by atoms with E-state index in [1.54, 1.807) is 12.1 Å². The van der Waals surface area contributed by atoms with Crippen molar-refractivity contribution in [3.63, 3.8) is 0 Å². The van der Waals surface area contributed by atoms with E-state index in [4.69, 9.17) is 6.42 Å². The Kier molecular flexibility index (Phi) is 5.69. The maximum absolute atomic E-state index is 12.5. The third kappa shape index (κ3) is 4.64. The van der Waals surface area contributed by atoms with E-state index in [1.807, 2.05) is 36.4 Å². The maximum atomic E-state index is 12.5. The number of anilines is 1. The predicted octanol–water partition coefficient (Wildman–Crippen LogP) is 3.65. The summed E-state index contributed by atoms with van der Waals surface area (Å²) in [5.74, 6) is 2.43. The van der Waals surface area contributed by atoms with Gasteiger partial charge in [-0.2, -0.15) is 5.10 Å². The van der Waals surface area contributed by atoms with Crippen LogP contribution in [0.1, 0.15) is 32.0 Å². The summed E-state index contributed by atoms with van der Waals surface area (Å²) in [6, 6.07) is 14.6. The second-order valence-corrected chi connectivity index (χ2v) is 7.79. The lowest BCUT2D eigenvalue weighted by Crippen LogP contribution is -2.31. The second kappa shape index (κ2) is 8.19. The molecule has 2 aromatic carbocycles. The number of carbonyl (C=O) groups is 1. The normalized spacial score (nSPS) is 11.1. The van der Waals surface area contributed by atoms with E-state index in [1.165, 1.54) is 10.2 Å². The SMILES string of the molecule is C#CCn1nc(CNC(=O)Nc2ccc(C(C)(C)C)cc2)c2ccccc2c1=O. The number of amides is 2. The number of fused-ring (bicyclic) bond motifs is 1. The molecule has 2 N–H and O–H groups in total. The van der Waals surface area contributed by atoms with Gasteiger partial charge in [-0.3, -0.25) is 4.79 Å². The minimum absolute atomic E-state index is 0.0506. The van der Waals surface area contributed by atoms with Gasteiger partial charge in [0.25, 0.3) is 5.56 Å². The van der Waals surface area contributed by atoms with Crippen molar-refractivity contribution in [3.05, 3.63) is 70.1 Å². The molecular weight excluding hydrogens is 364 g/mol. The molecule has 3 rings (SSSR count). The molecule has 0 atom stereocenters. The second-order valence-electron chi connectivity index (χ2n) is 7.79. The van der Waals surface area contributed by atoms with Crippen molar-refractivity contribution < 1.29 is 4.79 Å². The van der Waals surface area contributed by atoms with Crippen LogP contribution < -0.4 is 16.2 Å². The Bertz CT molecular complexity index is 1130. The minimum atomic E-state index is -0.353. The van der Waals surface area contributed by atoms with Crippen LogP contribution in [0.5, 0.6) is 0 Å². The molecule has 148 valence electrons. The molecule has 0 radical (unpaired) electrons. The van der Waals surface area contributed by atoms with E-state index < -0.39 is 0 Å². The molecule has 0 saturated carbocycles. The molecule has 0 aliphatic carbocycles. The van der Waals surface area contributed by atoms with E-state index in [2.05, 4.69) is 42.4 Å². The highest BCUT2D eigenvalue weighted by molar-refractivity contribution is 5.90. The number of nitrogens with one attached hydrogen (secondary N) is 2. The molecule has 0 aliphatic heterocycles. The fourth-order valence-electron chi connectivity index (χ4n) is 3.02. The predicted molar refractivity (Wildman–Crippen MR) is 116 cm³/mol. The Morgan fingerprint density at radius 2 is 1.76 bits per heavy atom. The van der Waals surface area contributed by atoms with E-state index in [-0.39, 0.29) is 30.1 Å². The van der Waals surface area contributed by atoms with Crippen LogP contribution in [0.4, 0.5) is 10.5 Å². The zero-order valence-corrected chi connectivity index (χ0v) is 16.8. The van der Waals surface area contributed by atoms with E-state index >= 15 is 0 Å². The number of hydrogen-bond acceptors (Lipinski definition) is 3. The van der Waals surface area contributed by atoms with Crippen LogP contribution in [0.2, 0.25) is 0 Å².